The summed E-state index contributed by atoms with van der Waals surface area (Å²) in [6.45, 7) is 0. The standard InChI is InChI=1S/C24H20BrN3O3/c1-27(2)18-9-11-19(12-10-18)28-21(16-4-3-13-26-14-16)20(23(30)24(28)31)22(29)15-5-7-17(25)8-6-15/h3-14,21,29H,1-2H3/b22-20+. The monoisotopic (exact) mass is 477 g/mol. The van der Waals surface area contributed by atoms with Gasteiger partial charge in [0.1, 0.15) is 5.76 Å². The average Bonchev–Trinajstić information content (AvgIpc) is 3.05. The second kappa shape index (κ2) is 8.35. The predicted molar refractivity (Wildman–Crippen MR) is 124 cm³/mol. The van der Waals surface area contributed by atoms with E-state index in [2.05, 4.69) is 20.9 Å². The van der Waals surface area contributed by atoms with E-state index < -0.39 is 17.7 Å². The molecule has 2 heterocycles. The minimum Gasteiger partial charge on any atom is -0.507 e. The number of hydrogen-bond donors (Lipinski definition) is 1. The molecule has 3 aromatic rings. The van der Waals surface area contributed by atoms with Crippen molar-refractivity contribution in [2.75, 3.05) is 23.9 Å². The highest BCUT2D eigenvalue weighted by atomic mass is 79.9. The minimum atomic E-state index is -0.789. The molecule has 1 aromatic heterocycles. The van der Waals surface area contributed by atoms with E-state index in [9.17, 15) is 14.7 Å². The number of aromatic nitrogens is 1. The number of hydrogen-bond acceptors (Lipinski definition) is 5. The molecule has 1 aliphatic rings. The molecule has 1 N–H and O–H groups in total. The number of carbonyl (C=O) groups excluding carboxylic acids is 2. The zero-order valence-corrected chi connectivity index (χ0v) is 18.6. The smallest absolute Gasteiger partial charge is 0.300 e. The fourth-order valence-corrected chi connectivity index (χ4v) is 3.89. The lowest BCUT2D eigenvalue weighted by Crippen LogP contribution is -2.29. The number of pyridine rings is 1. The molecule has 1 fully saturated rings. The molecule has 1 aliphatic heterocycles. The fourth-order valence-electron chi connectivity index (χ4n) is 3.63. The van der Waals surface area contributed by atoms with Gasteiger partial charge in [0, 0.05) is 47.9 Å². The first-order valence-electron chi connectivity index (χ1n) is 9.62. The summed E-state index contributed by atoms with van der Waals surface area (Å²) in [6, 6.07) is 17.0. The summed E-state index contributed by atoms with van der Waals surface area (Å²) in [4.78, 5) is 33.7. The topological polar surface area (TPSA) is 73.7 Å². The van der Waals surface area contributed by atoms with Crippen molar-refractivity contribution in [3.05, 3.63) is 94.2 Å². The Bertz CT molecular complexity index is 1160. The van der Waals surface area contributed by atoms with Crippen LogP contribution in [0.4, 0.5) is 11.4 Å². The van der Waals surface area contributed by atoms with Gasteiger partial charge in [0.2, 0.25) is 0 Å². The van der Waals surface area contributed by atoms with Crippen molar-refractivity contribution in [1.82, 2.24) is 4.98 Å². The Hall–Kier alpha value is -3.45. The Morgan fingerprint density at radius 3 is 2.29 bits per heavy atom. The van der Waals surface area contributed by atoms with E-state index in [1.165, 1.54) is 4.90 Å². The van der Waals surface area contributed by atoms with E-state index in [1.807, 2.05) is 31.1 Å². The molecular weight excluding hydrogens is 458 g/mol. The third-order valence-corrected chi connectivity index (χ3v) is 5.74. The molecule has 1 saturated heterocycles. The first-order valence-corrected chi connectivity index (χ1v) is 10.4. The largest absolute Gasteiger partial charge is 0.507 e. The number of benzene rings is 2. The van der Waals surface area contributed by atoms with Gasteiger partial charge < -0.3 is 10.0 Å². The van der Waals surface area contributed by atoms with Crippen molar-refractivity contribution in [1.29, 1.82) is 0 Å². The summed E-state index contributed by atoms with van der Waals surface area (Å²) >= 11 is 3.37. The van der Waals surface area contributed by atoms with Gasteiger partial charge in [0.25, 0.3) is 11.7 Å². The number of carbonyl (C=O) groups is 2. The summed E-state index contributed by atoms with van der Waals surface area (Å²) in [5.74, 6) is -1.64. The van der Waals surface area contributed by atoms with Gasteiger partial charge in [-0.15, -0.1) is 0 Å². The maximum atomic E-state index is 13.1. The Kier molecular flexibility index (Phi) is 5.61. The molecule has 0 aliphatic carbocycles. The maximum Gasteiger partial charge on any atom is 0.300 e. The fraction of sp³-hybridized carbons (Fsp3) is 0.125. The first-order chi connectivity index (χ1) is 14.9. The highest BCUT2D eigenvalue weighted by Gasteiger charge is 2.47. The zero-order valence-electron chi connectivity index (χ0n) is 17.0. The van der Waals surface area contributed by atoms with Crippen LogP contribution in [0.25, 0.3) is 5.76 Å². The van der Waals surface area contributed by atoms with Gasteiger partial charge >= 0.3 is 0 Å². The van der Waals surface area contributed by atoms with Crippen LogP contribution in [0.15, 0.2) is 83.1 Å². The third-order valence-electron chi connectivity index (χ3n) is 5.21. The zero-order chi connectivity index (χ0) is 22.1. The molecule has 6 nitrogen and oxygen atoms in total. The van der Waals surface area contributed by atoms with E-state index in [0.717, 1.165) is 10.2 Å². The molecule has 1 unspecified atom stereocenters. The van der Waals surface area contributed by atoms with Crippen molar-refractivity contribution >= 4 is 44.8 Å². The molecule has 1 amide bonds. The first kappa shape index (κ1) is 20.8. The number of ketones is 1. The molecule has 1 atom stereocenters. The van der Waals surface area contributed by atoms with E-state index >= 15 is 0 Å². The lowest BCUT2D eigenvalue weighted by molar-refractivity contribution is -0.132. The highest BCUT2D eigenvalue weighted by Crippen LogP contribution is 2.42. The second-order valence-corrected chi connectivity index (χ2v) is 8.29. The number of aliphatic hydroxyl groups is 1. The molecular formula is C24H20BrN3O3. The van der Waals surface area contributed by atoms with Crippen LogP contribution in [0.2, 0.25) is 0 Å². The molecule has 7 heteroatoms. The quantitative estimate of drug-likeness (QED) is 0.339. The van der Waals surface area contributed by atoms with Gasteiger partial charge in [-0.2, -0.15) is 0 Å². The van der Waals surface area contributed by atoms with Gasteiger partial charge in [-0.05, 0) is 48.0 Å². The SMILES string of the molecule is CN(C)c1ccc(N2C(=O)C(=O)/C(=C(/O)c3ccc(Br)cc3)C2c2cccnc2)cc1. The summed E-state index contributed by atoms with van der Waals surface area (Å²) < 4.78 is 0.842. The van der Waals surface area contributed by atoms with Gasteiger partial charge in [-0.1, -0.05) is 34.1 Å². The lowest BCUT2D eigenvalue weighted by Gasteiger charge is -2.25. The van der Waals surface area contributed by atoms with Crippen molar-refractivity contribution in [3.63, 3.8) is 0 Å². The summed E-state index contributed by atoms with van der Waals surface area (Å²) in [7, 11) is 3.85. The number of halogens is 1. The van der Waals surface area contributed by atoms with Crippen LogP contribution < -0.4 is 9.80 Å². The van der Waals surface area contributed by atoms with E-state index in [0.29, 0.717) is 16.8 Å². The van der Waals surface area contributed by atoms with Crippen LogP contribution in [-0.4, -0.2) is 35.9 Å². The lowest BCUT2D eigenvalue weighted by atomic mass is 9.96. The number of nitrogens with zero attached hydrogens (tertiary/aromatic N) is 3. The molecule has 156 valence electrons. The number of aliphatic hydroxyl groups excluding tert-OH is 1. The third kappa shape index (κ3) is 3.84. The van der Waals surface area contributed by atoms with Crippen molar-refractivity contribution < 1.29 is 14.7 Å². The van der Waals surface area contributed by atoms with Crippen LogP contribution in [-0.2, 0) is 9.59 Å². The van der Waals surface area contributed by atoms with Gasteiger partial charge in [0.05, 0.1) is 11.6 Å². The molecule has 0 bridgehead atoms. The van der Waals surface area contributed by atoms with Crippen LogP contribution in [0, 0.1) is 0 Å². The van der Waals surface area contributed by atoms with E-state index in [1.54, 1.807) is 60.9 Å². The Labute approximate surface area is 188 Å². The normalized spacial score (nSPS) is 17.8. The van der Waals surface area contributed by atoms with Crippen molar-refractivity contribution in [3.8, 4) is 0 Å². The summed E-state index contributed by atoms with van der Waals surface area (Å²) in [5.41, 5.74) is 2.66. The minimum absolute atomic E-state index is 0.0389. The summed E-state index contributed by atoms with van der Waals surface area (Å²) in [6.07, 6.45) is 3.23. The van der Waals surface area contributed by atoms with Gasteiger partial charge in [-0.3, -0.25) is 19.5 Å². The molecule has 0 saturated carbocycles. The number of amides is 1. The second-order valence-electron chi connectivity index (χ2n) is 7.37. The molecule has 31 heavy (non-hydrogen) atoms. The number of Topliss-reactive ketones (excluding diaryl/α,β-unsaturated/α-hetero) is 1. The van der Waals surface area contributed by atoms with Gasteiger partial charge in [0.15, 0.2) is 0 Å². The maximum absolute atomic E-state index is 13.1. The van der Waals surface area contributed by atoms with Crippen LogP contribution in [0.1, 0.15) is 17.2 Å². The molecule has 4 rings (SSSR count). The van der Waals surface area contributed by atoms with Crippen LogP contribution in [0.5, 0.6) is 0 Å². The van der Waals surface area contributed by atoms with E-state index in [4.69, 9.17) is 0 Å². The predicted octanol–water partition coefficient (Wildman–Crippen LogP) is 4.54. The molecule has 2 aromatic carbocycles. The van der Waals surface area contributed by atoms with Crippen LogP contribution in [0.3, 0.4) is 0 Å². The Morgan fingerprint density at radius 1 is 1.03 bits per heavy atom. The highest BCUT2D eigenvalue weighted by molar-refractivity contribution is 9.10. The molecule has 0 radical (unpaired) electrons. The van der Waals surface area contributed by atoms with E-state index in [-0.39, 0.29) is 11.3 Å². The van der Waals surface area contributed by atoms with Crippen molar-refractivity contribution in [2.24, 2.45) is 0 Å². The van der Waals surface area contributed by atoms with Gasteiger partial charge in [-0.25, -0.2) is 0 Å². The van der Waals surface area contributed by atoms with Crippen LogP contribution >= 0.6 is 15.9 Å². The summed E-state index contributed by atoms with van der Waals surface area (Å²) in [5, 5.41) is 11.1. The molecule has 0 spiro atoms. The Morgan fingerprint density at radius 2 is 1.71 bits per heavy atom. The number of anilines is 2. The number of rotatable bonds is 4. The van der Waals surface area contributed by atoms with Crippen molar-refractivity contribution in [2.45, 2.75) is 6.04 Å². The average molecular weight is 478 g/mol. The Balaban J connectivity index is 1.89.